The Morgan fingerprint density at radius 2 is 1.74 bits per heavy atom. The van der Waals surface area contributed by atoms with E-state index in [0.29, 0.717) is 13.1 Å². The lowest BCUT2D eigenvalue weighted by molar-refractivity contribution is -0.133. The zero-order valence-electron chi connectivity index (χ0n) is 16.2. The SMILES string of the molecule is CC(C)(C)c1cccc(OCC(=O)N2CCN(c3cccc(Cl)c3)CC2)c1. The van der Waals surface area contributed by atoms with Gasteiger partial charge >= 0.3 is 0 Å². The first kappa shape index (κ1) is 19.6. The largest absolute Gasteiger partial charge is 0.484 e. The van der Waals surface area contributed by atoms with E-state index >= 15 is 0 Å². The number of anilines is 1. The molecule has 4 nitrogen and oxygen atoms in total. The van der Waals surface area contributed by atoms with Crippen LogP contribution in [0.4, 0.5) is 5.69 Å². The first-order valence-electron chi connectivity index (χ1n) is 9.34. The topological polar surface area (TPSA) is 32.8 Å². The van der Waals surface area contributed by atoms with Crippen molar-refractivity contribution < 1.29 is 9.53 Å². The third-order valence-corrected chi connectivity index (χ3v) is 5.10. The number of amides is 1. The molecule has 0 unspecified atom stereocenters. The fourth-order valence-corrected chi connectivity index (χ4v) is 3.36. The second-order valence-corrected chi connectivity index (χ2v) is 8.35. The summed E-state index contributed by atoms with van der Waals surface area (Å²) in [6.07, 6.45) is 0. The Morgan fingerprint density at radius 1 is 1.04 bits per heavy atom. The van der Waals surface area contributed by atoms with Crippen molar-refractivity contribution in [2.24, 2.45) is 0 Å². The van der Waals surface area contributed by atoms with Gasteiger partial charge in [0, 0.05) is 36.9 Å². The predicted molar refractivity (Wildman–Crippen MR) is 111 cm³/mol. The molecule has 0 aromatic heterocycles. The van der Waals surface area contributed by atoms with Gasteiger partial charge < -0.3 is 14.5 Å². The molecule has 0 spiro atoms. The molecule has 1 amide bonds. The number of carbonyl (C=O) groups is 1. The van der Waals surface area contributed by atoms with Gasteiger partial charge in [-0.05, 0) is 41.3 Å². The van der Waals surface area contributed by atoms with Gasteiger partial charge in [0.1, 0.15) is 5.75 Å². The molecule has 0 N–H and O–H groups in total. The molecule has 2 aromatic rings. The maximum absolute atomic E-state index is 12.5. The summed E-state index contributed by atoms with van der Waals surface area (Å²) in [4.78, 5) is 16.6. The molecule has 1 saturated heterocycles. The van der Waals surface area contributed by atoms with E-state index in [1.165, 1.54) is 5.56 Å². The molecule has 0 bridgehead atoms. The number of nitrogens with zero attached hydrogens (tertiary/aromatic N) is 2. The van der Waals surface area contributed by atoms with Gasteiger partial charge in [0.2, 0.25) is 0 Å². The van der Waals surface area contributed by atoms with Crippen molar-refractivity contribution in [1.29, 1.82) is 0 Å². The lowest BCUT2D eigenvalue weighted by atomic mass is 9.87. The van der Waals surface area contributed by atoms with Crippen molar-refractivity contribution >= 4 is 23.2 Å². The van der Waals surface area contributed by atoms with Crippen molar-refractivity contribution in [2.45, 2.75) is 26.2 Å². The van der Waals surface area contributed by atoms with Crippen molar-refractivity contribution in [2.75, 3.05) is 37.7 Å². The fraction of sp³-hybridized carbons (Fsp3) is 0.409. The van der Waals surface area contributed by atoms with Gasteiger partial charge in [0.15, 0.2) is 6.61 Å². The van der Waals surface area contributed by atoms with Crippen molar-refractivity contribution in [3.63, 3.8) is 0 Å². The molecule has 3 rings (SSSR count). The van der Waals surface area contributed by atoms with E-state index < -0.39 is 0 Å². The minimum Gasteiger partial charge on any atom is -0.484 e. The van der Waals surface area contributed by atoms with E-state index in [9.17, 15) is 4.79 Å². The number of ether oxygens (including phenoxy) is 1. The molecule has 0 atom stereocenters. The average Bonchev–Trinajstić information content (AvgIpc) is 2.66. The summed E-state index contributed by atoms with van der Waals surface area (Å²) in [5.74, 6) is 0.773. The minimum absolute atomic E-state index is 0.0295. The Balaban J connectivity index is 1.51. The molecular weight excluding hydrogens is 360 g/mol. The summed E-state index contributed by atoms with van der Waals surface area (Å²) in [6, 6.07) is 15.8. The Labute approximate surface area is 166 Å². The summed E-state index contributed by atoms with van der Waals surface area (Å²) in [6.45, 7) is 9.54. The van der Waals surface area contributed by atoms with Crippen LogP contribution in [0.15, 0.2) is 48.5 Å². The first-order valence-corrected chi connectivity index (χ1v) is 9.72. The van der Waals surface area contributed by atoms with Crippen LogP contribution in [0.1, 0.15) is 26.3 Å². The van der Waals surface area contributed by atoms with Crippen molar-refractivity contribution in [3.8, 4) is 5.75 Å². The van der Waals surface area contributed by atoms with E-state index in [2.05, 4.69) is 37.8 Å². The predicted octanol–water partition coefficient (Wildman–Crippen LogP) is 4.37. The standard InChI is InChI=1S/C22H27ClN2O2/c1-22(2,3)17-6-4-9-20(14-17)27-16-21(26)25-12-10-24(11-13-25)19-8-5-7-18(23)15-19/h4-9,14-15H,10-13,16H2,1-3H3. The van der Waals surface area contributed by atoms with Gasteiger partial charge in [-0.15, -0.1) is 0 Å². The Bertz CT molecular complexity index is 793. The summed E-state index contributed by atoms with van der Waals surface area (Å²) in [5.41, 5.74) is 2.35. The average molecular weight is 387 g/mol. The van der Waals surface area contributed by atoms with Crippen LogP contribution in [-0.2, 0) is 10.2 Å². The lowest BCUT2D eigenvalue weighted by Crippen LogP contribution is -2.50. The molecule has 1 aliphatic rings. The molecule has 27 heavy (non-hydrogen) atoms. The number of halogens is 1. The van der Waals surface area contributed by atoms with Crippen LogP contribution in [0, 0.1) is 0 Å². The van der Waals surface area contributed by atoms with Gasteiger partial charge in [0.05, 0.1) is 0 Å². The number of carbonyl (C=O) groups excluding carboxylic acids is 1. The van der Waals surface area contributed by atoms with Gasteiger partial charge in [0.25, 0.3) is 5.91 Å². The maximum Gasteiger partial charge on any atom is 0.260 e. The third-order valence-electron chi connectivity index (χ3n) is 4.87. The molecule has 1 heterocycles. The van der Waals surface area contributed by atoms with E-state index in [-0.39, 0.29) is 17.9 Å². The van der Waals surface area contributed by atoms with Crippen LogP contribution in [0.2, 0.25) is 5.02 Å². The molecular formula is C22H27ClN2O2. The summed E-state index contributed by atoms with van der Waals surface area (Å²) >= 11 is 6.07. The van der Waals surface area contributed by atoms with Crippen molar-refractivity contribution in [1.82, 2.24) is 4.90 Å². The Morgan fingerprint density at radius 3 is 2.41 bits per heavy atom. The van der Waals surface area contributed by atoms with Crippen LogP contribution < -0.4 is 9.64 Å². The number of piperazine rings is 1. The zero-order chi connectivity index (χ0) is 19.4. The molecule has 0 saturated carbocycles. The fourth-order valence-electron chi connectivity index (χ4n) is 3.18. The molecule has 1 aliphatic heterocycles. The van der Waals surface area contributed by atoms with E-state index in [1.54, 1.807) is 0 Å². The molecule has 5 heteroatoms. The highest BCUT2D eigenvalue weighted by Gasteiger charge is 2.22. The Hall–Kier alpha value is -2.20. The van der Waals surface area contributed by atoms with E-state index in [4.69, 9.17) is 16.3 Å². The smallest absolute Gasteiger partial charge is 0.260 e. The van der Waals surface area contributed by atoms with Gasteiger partial charge in [-0.3, -0.25) is 4.79 Å². The van der Waals surface area contributed by atoms with Crippen LogP contribution in [0.5, 0.6) is 5.75 Å². The number of benzene rings is 2. The highest BCUT2D eigenvalue weighted by molar-refractivity contribution is 6.30. The summed E-state index contributed by atoms with van der Waals surface area (Å²) in [7, 11) is 0. The van der Waals surface area contributed by atoms with Gasteiger partial charge in [-0.2, -0.15) is 0 Å². The van der Waals surface area contributed by atoms with Crippen LogP contribution >= 0.6 is 11.6 Å². The normalized spacial score (nSPS) is 15.0. The lowest BCUT2D eigenvalue weighted by Gasteiger charge is -2.36. The number of hydrogen-bond donors (Lipinski definition) is 0. The monoisotopic (exact) mass is 386 g/mol. The minimum atomic E-state index is 0.0295. The molecule has 0 aliphatic carbocycles. The van der Waals surface area contributed by atoms with Crippen molar-refractivity contribution in [3.05, 3.63) is 59.1 Å². The third kappa shape index (κ3) is 5.16. The maximum atomic E-state index is 12.5. The zero-order valence-corrected chi connectivity index (χ0v) is 17.0. The first-order chi connectivity index (χ1) is 12.8. The highest BCUT2D eigenvalue weighted by Crippen LogP contribution is 2.25. The molecule has 1 fully saturated rings. The van der Waals surface area contributed by atoms with Crippen LogP contribution in [0.25, 0.3) is 0 Å². The quantitative estimate of drug-likeness (QED) is 0.782. The summed E-state index contributed by atoms with van der Waals surface area (Å²) in [5, 5.41) is 0.733. The van der Waals surface area contributed by atoms with Gasteiger partial charge in [-0.1, -0.05) is 50.6 Å². The highest BCUT2D eigenvalue weighted by atomic mass is 35.5. The van der Waals surface area contributed by atoms with E-state index in [0.717, 1.165) is 29.5 Å². The second-order valence-electron chi connectivity index (χ2n) is 7.91. The summed E-state index contributed by atoms with van der Waals surface area (Å²) < 4.78 is 5.76. The number of rotatable bonds is 4. The van der Waals surface area contributed by atoms with Crippen LogP contribution in [-0.4, -0.2) is 43.6 Å². The molecule has 0 radical (unpaired) electrons. The van der Waals surface area contributed by atoms with E-state index in [1.807, 2.05) is 41.3 Å². The van der Waals surface area contributed by atoms with Gasteiger partial charge in [-0.25, -0.2) is 0 Å². The molecule has 144 valence electrons. The number of hydrogen-bond acceptors (Lipinski definition) is 3. The Kier molecular flexibility index (Phi) is 5.95. The molecule has 2 aromatic carbocycles. The van der Waals surface area contributed by atoms with Crippen LogP contribution in [0.3, 0.4) is 0 Å². The second kappa shape index (κ2) is 8.22.